The number of fused-ring (bicyclic) bond motifs is 1. The van der Waals surface area contributed by atoms with E-state index < -0.39 is 0 Å². The van der Waals surface area contributed by atoms with Crippen LogP contribution in [0.25, 0.3) is 10.9 Å². The van der Waals surface area contributed by atoms with Crippen LogP contribution >= 0.6 is 11.8 Å². The molecule has 3 aromatic rings. The zero-order valence-corrected chi connectivity index (χ0v) is 17.3. The van der Waals surface area contributed by atoms with Crippen LogP contribution in [0.4, 0.5) is 0 Å². The van der Waals surface area contributed by atoms with Crippen LogP contribution in [0.15, 0.2) is 64.5 Å². The molecule has 0 saturated carbocycles. The van der Waals surface area contributed by atoms with Crippen molar-refractivity contribution >= 4 is 28.6 Å². The fourth-order valence-electron chi connectivity index (χ4n) is 3.09. The molecule has 0 saturated heterocycles. The van der Waals surface area contributed by atoms with Crippen LogP contribution in [0.3, 0.4) is 0 Å². The number of amides is 1. The first kappa shape index (κ1) is 20.1. The van der Waals surface area contributed by atoms with Crippen LogP contribution in [-0.2, 0) is 17.8 Å². The van der Waals surface area contributed by atoms with Gasteiger partial charge in [0.25, 0.3) is 5.56 Å². The van der Waals surface area contributed by atoms with Crippen LogP contribution < -0.4 is 5.56 Å². The van der Waals surface area contributed by atoms with Gasteiger partial charge in [-0.25, -0.2) is 4.98 Å². The largest absolute Gasteiger partial charge is 0.348 e. The quantitative estimate of drug-likeness (QED) is 0.453. The highest BCUT2D eigenvalue weighted by Crippen LogP contribution is 2.24. The van der Waals surface area contributed by atoms with Gasteiger partial charge in [0.1, 0.15) is 0 Å². The molecule has 2 aromatic carbocycles. The average molecular weight is 396 g/mol. The summed E-state index contributed by atoms with van der Waals surface area (Å²) >= 11 is 1.34. The van der Waals surface area contributed by atoms with Crippen LogP contribution in [0.5, 0.6) is 0 Å². The number of hydrogen-bond acceptors (Lipinski definition) is 4. The Hall–Kier alpha value is -2.60. The Labute approximate surface area is 169 Å². The molecule has 3 rings (SSSR count). The highest BCUT2D eigenvalue weighted by atomic mass is 32.2. The second-order valence-corrected chi connectivity index (χ2v) is 8.26. The molecule has 146 valence electrons. The lowest BCUT2D eigenvalue weighted by molar-refractivity contribution is -0.127. The van der Waals surface area contributed by atoms with E-state index >= 15 is 0 Å². The molecule has 1 unspecified atom stereocenters. The zero-order chi connectivity index (χ0) is 20.1. The fourth-order valence-corrected chi connectivity index (χ4v) is 4.17. The molecule has 1 amide bonds. The van der Waals surface area contributed by atoms with E-state index in [1.165, 1.54) is 17.3 Å². The highest BCUT2D eigenvalue weighted by molar-refractivity contribution is 8.00. The molecule has 0 aliphatic carbocycles. The molecule has 0 fully saturated rings. The Morgan fingerprint density at radius 3 is 2.50 bits per heavy atom. The molecule has 1 atom stereocenters. The third kappa shape index (κ3) is 4.62. The van der Waals surface area contributed by atoms with Crippen LogP contribution in [0, 0.1) is 0 Å². The molecule has 5 nitrogen and oxygen atoms in total. The highest BCUT2D eigenvalue weighted by Gasteiger charge is 2.20. The molecular formula is C22H25N3O2S. The lowest BCUT2D eigenvalue weighted by Gasteiger charge is -2.18. The summed E-state index contributed by atoms with van der Waals surface area (Å²) in [4.78, 5) is 31.7. The molecule has 0 radical (unpaired) electrons. The monoisotopic (exact) mass is 395 g/mol. The minimum absolute atomic E-state index is 0.00300. The number of aryl methyl sites for hydroxylation is 1. The van der Waals surface area contributed by atoms with E-state index in [1.807, 2.05) is 43.3 Å². The van der Waals surface area contributed by atoms with Crippen LogP contribution in [0.1, 0.15) is 18.9 Å². The maximum atomic E-state index is 13.1. The lowest BCUT2D eigenvalue weighted by Crippen LogP contribution is -2.31. The Kier molecular flexibility index (Phi) is 6.52. The Morgan fingerprint density at radius 2 is 1.79 bits per heavy atom. The van der Waals surface area contributed by atoms with Crippen molar-refractivity contribution in [2.45, 2.75) is 36.7 Å². The van der Waals surface area contributed by atoms with Crippen molar-refractivity contribution in [1.29, 1.82) is 0 Å². The van der Waals surface area contributed by atoms with Gasteiger partial charge in [0.15, 0.2) is 5.16 Å². The maximum Gasteiger partial charge on any atom is 0.262 e. The molecule has 0 aliphatic heterocycles. The molecule has 1 heterocycles. The first-order valence-electron chi connectivity index (χ1n) is 9.38. The molecule has 0 spiro atoms. The predicted molar refractivity (Wildman–Crippen MR) is 115 cm³/mol. The molecule has 28 heavy (non-hydrogen) atoms. The smallest absolute Gasteiger partial charge is 0.262 e. The Balaban J connectivity index is 1.90. The summed E-state index contributed by atoms with van der Waals surface area (Å²) in [6, 6.07) is 17.6. The minimum atomic E-state index is -0.316. The molecule has 0 N–H and O–H groups in total. The van der Waals surface area contributed by atoms with Gasteiger partial charge >= 0.3 is 0 Å². The predicted octanol–water partition coefficient (Wildman–Crippen LogP) is 3.60. The SMILES string of the molecule is CC(Sc1nc2ccccc2c(=O)n1CCCc1ccccc1)C(=O)N(C)C. The number of rotatable bonds is 7. The van der Waals surface area contributed by atoms with Crippen LogP contribution in [-0.4, -0.2) is 39.7 Å². The summed E-state index contributed by atoms with van der Waals surface area (Å²) in [6.45, 7) is 2.42. The minimum Gasteiger partial charge on any atom is -0.348 e. The number of carbonyl (C=O) groups is 1. The first-order valence-corrected chi connectivity index (χ1v) is 10.3. The molecule has 1 aromatic heterocycles. The van der Waals surface area contributed by atoms with Gasteiger partial charge < -0.3 is 4.90 Å². The lowest BCUT2D eigenvalue weighted by atomic mass is 10.1. The van der Waals surface area contributed by atoms with Gasteiger partial charge in [-0.05, 0) is 37.5 Å². The van der Waals surface area contributed by atoms with Gasteiger partial charge in [-0.2, -0.15) is 0 Å². The zero-order valence-electron chi connectivity index (χ0n) is 16.5. The van der Waals surface area contributed by atoms with E-state index in [9.17, 15) is 9.59 Å². The number of para-hydroxylation sites is 1. The molecule has 6 heteroatoms. The van der Waals surface area contributed by atoms with Crippen molar-refractivity contribution in [2.24, 2.45) is 0 Å². The second-order valence-electron chi connectivity index (χ2n) is 6.95. The summed E-state index contributed by atoms with van der Waals surface area (Å²) in [5.74, 6) is 0.00300. The Morgan fingerprint density at radius 1 is 1.11 bits per heavy atom. The normalized spacial score (nSPS) is 12.1. The molecular weight excluding hydrogens is 370 g/mol. The fraction of sp³-hybridized carbons (Fsp3) is 0.318. The summed E-state index contributed by atoms with van der Waals surface area (Å²) < 4.78 is 1.72. The second kappa shape index (κ2) is 9.06. The van der Waals surface area contributed by atoms with E-state index in [1.54, 1.807) is 29.6 Å². The van der Waals surface area contributed by atoms with Gasteiger partial charge in [0.2, 0.25) is 5.91 Å². The van der Waals surface area contributed by atoms with Gasteiger partial charge in [0.05, 0.1) is 16.2 Å². The van der Waals surface area contributed by atoms with Gasteiger partial charge in [0, 0.05) is 20.6 Å². The van der Waals surface area contributed by atoms with Crippen LogP contribution in [0.2, 0.25) is 0 Å². The van der Waals surface area contributed by atoms with Crippen molar-refractivity contribution in [1.82, 2.24) is 14.5 Å². The number of benzene rings is 2. The number of hydrogen-bond donors (Lipinski definition) is 0. The molecule has 0 aliphatic rings. The topological polar surface area (TPSA) is 55.2 Å². The van der Waals surface area contributed by atoms with E-state index in [2.05, 4.69) is 12.1 Å². The Bertz CT molecular complexity index is 1020. The summed E-state index contributed by atoms with van der Waals surface area (Å²) in [5, 5.41) is 0.890. The van der Waals surface area contributed by atoms with E-state index in [-0.39, 0.29) is 16.7 Å². The maximum absolute atomic E-state index is 13.1. The van der Waals surface area contributed by atoms with Crippen molar-refractivity contribution in [2.75, 3.05) is 14.1 Å². The number of aromatic nitrogens is 2. The summed E-state index contributed by atoms with van der Waals surface area (Å²) in [5.41, 5.74) is 1.86. The standard InChI is InChI=1S/C22H25N3O2S/c1-16(20(26)24(2)3)28-22-23-19-14-8-7-13-18(19)21(27)25(22)15-9-12-17-10-5-4-6-11-17/h4-8,10-11,13-14,16H,9,12,15H2,1-3H3. The first-order chi connectivity index (χ1) is 13.5. The van der Waals surface area contributed by atoms with Gasteiger partial charge in [-0.15, -0.1) is 0 Å². The van der Waals surface area contributed by atoms with E-state index in [0.29, 0.717) is 22.6 Å². The molecule has 0 bridgehead atoms. The third-order valence-corrected chi connectivity index (χ3v) is 5.67. The van der Waals surface area contributed by atoms with Crippen molar-refractivity contribution in [3.63, 3.8) is 0 Å². The number of thioether (sulfide) groups is 1. The average Bonchev–Trinajstić information content (AvgIpc) is 2.70. The van der Waals surface area contributed by atoms with Gasteiger partial charge in [-0.3, -0.25) is 14.2 Å². The number of nitrogens with zero attached hydrogens (tertiary/aromatic N) is 3. The van der Waals surface area contributed by atoms with Crippen molar-refractivity contribution < 1.29 is 4.79 Å². The van der Waals surface area contributed by atoms with E-state index in [0.717, 1.165) is 12.8 Å². The third-order valence-electron chi connectivity index (χ3n) is 4.59. The van der Waals surface area contributed by atoms with Crippen molar-refractivity contribution in [3.8, 4) is 0 Å². The summed E-state index contributed by atoms with van der Waals surface area (Å²) in [7, 11) is 3.47. The number of carbonyl (C=O) groups excluding carboxylic acids is 1. The summed E-state index contributed by atoms with van der Waals surface area (Å²) in [6.07, 6.45) is 1.71. The van der Waals surface area contributed by atoms with Crippen molar-refractivity contribution in [3.05, 3.63) is 70.5 Å². The van der Waals surface area contributed by atoms with Gasteiger partial charge in [-0.1, -0.05) is 54.2 Å². The van der Waals surface area contributed by atoms with E-state index in [4.69, 9.17) is 4.98 Å².